The summed E-state index contributed by atoms with van der Waals surface area (Å²) in [5.74, 6) is 2.29. The molecule has 0 aliphatic heterocycles. The predicted octanol–water partition coefficient (Wildman–Crippen LogP) is 7.24. The lowest BCUT2D eigenvalue weighted by molar-refractivity contribution is 0.182. The minimum Gasteiger partial charge on any atom is -0.497 e. The molecule has 0 saturated heterocycles. The quantitative estimate of drug-likeness (QED) is 0.131. The topological polar surface area (TPSA) is 124 Å². The summed E-state index contributed by atoms with van der Waals surface area (Å²) < 4.78 is 19.1. The summed E-state index contributed by atoms with van der Waals surface area (Å²) in [7, 11) is 3.31. The van der Waals surface area contributed by atoms with Gasteiger partial charge in [0.05, 0.1) is 31.5 Å². The number of fused-ring (bicyclic) bond motifs is 1. The van der Waals surface area contributed by atoms with Gasteiger partial charge in [-0.1, -0.05) is 61.5 Å². The number of nitriles is 1. The van der Waals surface area contributed by atoms with E-state index in [1.807, 2.05) is 91.0 Å². The van der Waals surface area contributed by atoms with E-state index in [4.69, 9.17) is 29.3 Å². The van der Waals surface area contributed by atoms with Crippen LogP contribution in [-0.2, 0) is 13.1 Å². The third-order valence-electron chi connectivity index (χ3n) is 8.80. The van der Waals surface area contributed by atoms with Crippen LogP contribution in [-0.4, -0.2) is 49.9 Å². The number of nitrogens with zero attached hydrogens (tertiary/aromatic N) is 8. The third kappa shape index (κ3) is 7.12. The van der Waals surface area contributed by atoms with Crippen LogP contribution in [0.25, 0.3) is 28.3 Å². The molecule has 6 aromatic rings. The molecule has 0 fully saturated rings. The van der Waals surface area contributed by atoms with Crippen LogP contribution >= 0.6 is 0 Å². The van der Waals surface area contributed by atoms with Crippen LogP contribution in [0.15, 0.2) is 116 Å². The summed E-state index contributed by atoms with van der Waals surface area (Å²) in [5, 5.41) is 14.8. The molecule has 3 heterocycles. The van der Waals surface area contributed by atoms with Crippen molar-refractivity contribution in [2.24, 2.45) is 5.92 Å². The molecule has 2 unspecified atom stereocenters. The number of hydrogen-bond acceptors (Lipinski definition) is 10. The minimum atomic E-state index is -0.238. The molecule has 3 aromatic heterocycles. The molecule has 0 N–H and O–H groups in total. The van der Waals surface area contributed by atoms with Gasteiger partial charge >= 0.3 is 6.01 Å². The van der Waals surface area contributed by atoms with Crippen molar-refractivity contribution < 1.29 is 14.2 Å². The van der Waals surface area contributed by atoms with Gasteiger partial charge in [0, 0.05) is 30.8 Å². The number of rotatable bonds is 12. The number of anilines is 1. The minimum absolute atomic E-state index is 0.173. The Bertz CT molecular complexity index is 2180. The number of allylic oxidation sites excluding steroid dienone is 2. The second-order valence-electron chi connectivity index (χ2n) is 12.0. The van der Waals surface area contributed by atoms with Crippen LogP contribution in [0.2, 0.25) is 0 Å². The van der Waals surface area contributed by atoms with Crippen molar-refractivity contribution in [2.75, 3.05) is 19.1 Å². The molecule has 254 valence electrons. The monoisotopic (exact) mass is 676 g/mol. The lowest BCUT2D eigenvalue weighted by Gasteiger charge is -2.26. The highest BCUT2D eigenvalue weighted by Crippen LogP contribution is 2.36. The van der Waals surface area contributed by atoms with Crippen LogP contribution in [0.3, 0.4) is 0 Å². The van der Waals surface area contributed by atoms with E-state index in [-0.39, 0.29) is 18.0 Å². The van der Waals surface area contributed by atoms with Gasteiger partial charge in [-0.25, -0.2) is 19.5 Å². The van der Waals surface area contributed by atoms with Crippen LogP contribution < -0.4 is 19.1 Å². The van der Waals surface area contributed by atoms with Crippen LogP contribution in [0.1, 0.15) is 30.0 Å². The van der Waals surface area contributed by atoms with Crippen molar-refractivity contribution in [3.63, 3.8) is 0 Å². The molecule has 3 aromatic carbocycles. The van der Waals surface area contributed by atoms with E-state index in [0.717, 1.165) is 34.6 Å². The molecular weight excluding hydrogens is 640 g/mol. The first-order valence-corrected chi connectivity index (χ1v) is 16.7. The molecule has 1 aliphatic rings. The lowest BCUT2D eigenvalue weighted by atomic mass is 9.95. The summed E-state index contributed by atoms with van der Waals surface area (Å²) in [6.45, 7) is 3.11. The van der Waals surface area contributed by atoms with Gasteiger partial charge in [-0.15, -0.1) is 5.10 Å². The first-order valence-electron chi connectivity index (χ1n) is 16.7. The first-order chi connectivity index (χ1) is 25.1. The molecule has 51 heavy (non-hydrogen) atoms. The highest BCUT2D eigenvalue weighted by Gasteiger charge is 2.27. The van der Waals surface area contributed by atoms with Crippen LogP contribution in [0.4, 0.5) is 5.82 Å². The number of ether oxygens (including phenoxy) is 3. The Labute approximate surface area is 296 Å². The van der Waals surface area contributed by atoms with Gasteiger partial charge in [-0.2, -0.15) is 10.2 Å². The molecule has 11 heteroatoms. The molecule has 2 atom stereocenters. The molecule has 0 amide bonds. The maximum absolute atomic E-state index is 9.84. The van der Waals surface area contributed by atoms with E-state index in [0.29, 0.717) is 47.2 Å². The van der Waals surface area contributed by atoms with E-state index in [1.54, 1.807) is 31.0 Å². The van der Waals surface area contributed by atoms with Gasteiger partial charge in [0.1, 0.15) is 35.3 Å². The van der Waals surface area contributed by atoms with E-state index in [9.17, 15) is 5.26 Å². The summed E-state index contributed by atoms with van der Waals surface area (Å²) in [6, 6.07) is 27.6. The standard InChI is InChI=1S/C40H36N8O3/c1-4-30-9-5-6-11-35(30)51-40-45-39-38(47(24-27-12-16-32(49-2)17-13-27)25-28-14-18-33(50-3)19-15-28)44-36(31-10-7-8-29(22-31)23-41)37(48(39)46-40)34-20-21-42-26-43-34/h5-22,26,30,35H,4,24-25H2,1-3H3. The van der Waals surface area contributed by atoms with E-state index < -0.39 is 0 Å². The Kier molecular flexibility index (Phi) is 9.65. The Morgan fingerprint density at radius 3 is 2.20 bits per heavy atom. The van der Waals surface area contributed by atoms with E-state index in [2.05, 4.69) is 33.9 Å². The van der Waals surface area contributed by atoms with Crippen molar-refractivity contribution in [1.29, 1.82) is 5.26 Å². The highest BCUT2D eigenvalue weighted by molar-refractivity contribution is 5.83. The maximum atomic E-state index is 9.84. The van der Waals surface area contributed by atoms with Gasteiger partial charge in [-0.05, 0) is 66.1 Å². The second-order valence-corrected chi connectivity index (χ2v) is 12.0. The fourth-order valence-electron chi connectivity index (χ4n) is 6.12. The summed E-state index contributed by atoms with van der Waals surface area (Å²) >= 11 is 0. The Hall–Kier alpha value is -6.54. The van der Waals surface area contributed by atoms with Crippen molar-refractivity contribution in [3.05, 3.63) is 132 Å². The molecule has 7 rings (SSSR count). The van der Waals surface area contributed by atoms with Gasteiger partial charge in [-0.3, -0.25) is 0 Å². The average molecular weight is 677 g/mol. The number of aromatic nitrogens is 6. The fourth-order valence-corrected chi connectivity index (χ4v) is 6.12. The Balaban J connectivity index is 1.46. The average Bonchev–Trinajstić information content (AvgIpc) is 3.61. The van der Waals surface area contributed by atoms with Gasteiger partial charge in [0.2, 0.25) is 5.65 Å². The molecule has 0 spiro atoms. The van der Waals surface area contributed by atoms with Crippen LogP contribution in [0.5, 0.6) is 17.5 Å². The molecule has 0 saturated carbocycles. The summed E-state index contributed by atoms with van der Waals surface area (Å²) in [6.07, 6.45) is 12.0. The predicted molar refractivity (Wildman–Crippen MR) is 194 cm³/mol. The lowest BCUT2D eigenvalue weighted by Crippen LogP contribution is -2.25. The highest BCUT2D eigenvalue weighted by atomic mass is 16.5. The second kappa shape index (κ2) is 14.9. The first kappa shape index (κ1) is 33.0. The molecular formula is C40H36N8O3. The number of benzene rings is 3. The zero-order valence-electron chi connectivity index (χ0n) is 28.5. The number of hydrogen-bond donors (Lipinski definition) is 0. The summed E-state index contributed by atoms with van der Waals surface area (Å²) in [5.41, 5.74) is 5.55. The van der Waals surface area contributed by atoms with Gasteiger partial charge in [0.15, 0.2) is 5.82 Å². The van der Waals surface area contributed by atoms with Crippen molar-refractivity contribution in [2.45, 2.75) is 32.5 Å². The molecule has 0 radical (unpaired) electrons. The van der Waals surface area contributed by atoms with E-state index in [1.165, 1.54) is 6.33 Å². The van der Waals surface area contributed by atoms with Gasteiger partial charge in [0.25, 0.3) is 0 Å². The maximum Gasteiger partial charge on any atom is 0.337 e. The zero-order chi connectivity index (χ0) is 35.2. The SMILES string of the molecule is CCC1C=CC=CC1Oc1nc2c(N(Cc3ccc(OC)cc3)Cc3ccc(OC)cc3)nc(-c3cccc(C#N)c3)c(-c3ccncn3)n2n1. The Morgan fingerprint density at radius 1 is 0.863 bits per heavy atom. The summed E-state index contributed by atoms with van der Waals surface area (Å²) in [4.78, 5) is 21.3. The van der Waals surface area contributed by atoms with Crippen molar-refractivity contribution in [1.82, 2.24) is 29.5 Å². The molecule has 11 nitrogen and oxygen atoms in total. The third-order valence-corrected chi connectivity index (χ3v) is 8.80. The fraction of sp³-hybridized carbons (Fsp3) is 0.200. The molecule has 1 aliphatic carbocycles. The van der Waals surface area contributed by atoms with Crippen molar-refractivity contribution >= 4 is 11.5 Å². The number of methoxy groups -OCH3 is 2. The zero-order valence-corrected chi connectivity index (χ0v) is 28.5. The van der Waals surface area contributed by atoms with Crippen molar-refractivity contribution in [3.8, 4) is 46.2 Å². The normalized spacial score (nSPS) is 15.0. The Morgan fingerprint density at radius 2 is 1.57 bits per heavy atom. The van der Waals surface area contributed by atoms with E-state index >= 15 is 0 Å². The van der Waals surface area contributed by atoms with Crippen LogP contribution in [0, 0.1) is 17.2 Å². The smallest absolute Gasteiger partial charge is 0.337 e. The molecule has 0 bridgehead atoms. The largest absolute Gasteiger partial charge is 0.497 e. The van der Waals surface area contributed by atoms with Gasteiger partial charge < -0.3 is 19.1 Å².